The van der Waals surface area contributed by atoms with Crippen LogP contribution in [0.25, 0.3) is 17.1 Å². The van der Waals surface area contributed by atoms with Crippen LogP contribution in [0.5, 0.6) is 11.5 Å². The van der Waals surface area contributed by atoms with Crippen molar-refractivity contribution in [1.29, 1.82) is 0 Å². The summed E-state index contributed by atoms with van der Waals surface area (Å²) >= 11 is 0. The number of para-hydroxylation sites is 1. The Bertz CT molecular complexity index is 1170. The van der Waals surface area contributed by atoms with Crippen LogP contribution in [0.2, 0.25) is 0 Å². The van der Waals surface area contributed by atoms with E-state index in [1.54, 1.807) is 18.0 Å². The third-order valence-corrected chi connectivity index (χ3v) is 4.68. The molecule has 0 bridgehead atoms. The molecule has 0 aliphatic rings. The topological polar surface area (TPSA) is 78.3 Å². The van der Waals surface area contributed by atoms with Crippen molar-refractivity contribution >= 4 is 11.7 Å². The lowest BCUT2D eigenvalue weighted by molar-refractivity contribution is -0.118. The highest BCUT2D eigenvalue weighted by Gasteiger charge is 2.15. The van der Waals surface area contributed by atoms with Gasteiger partial charge in [-0.25, -0.2) is 4.98 Å². The summed E-state index contributed by atoms with van der Waals surface area (Å²) in [5.41, 5.74) is 2.56. The molecule has 4 aromatic rings. The number of nitrogens with one attached hydrogen (secondary N) is 1. The average Bonchev–Trinajstić information content (AvgIpc) is 3.23. The van der Waals surface area contributed by atoms with E-state index in [2.05, 4.69) is 15.4 Å². The molecule has 0 spiro atoms. The van der Waals surface area contributed by atoms with Gasteiger partial charge in [-0.15, -0.1) is 0 Å². The molecule has 31 heavy (non-hydrogen) atoms. The summed E-state index contributed by atoms with van der Waals surface area (Å²) in [7, 11) is 1.62. The highest BCUT2D eigenvalue weighted by Crippen LogP contribution is 2.26. The summed E-state index contributed by atoms with van der Waals surface area (Å²) < 4.78 is 12.5. The van der Waals surface area contributed by atoms with Crippen molar-refractivity contribution in [3.8, 4) is 28.6 Å². The van der Waals surface area contributed by atoms with Crippen molar-refractivity contribution in [2.45, 2.75) is 6.92 Å². The van der Waals surface area contributed by atoms with E-state index in [0.29, 0.717) is 23.1 Å². The van der Waals surface area contributed by atoms with Gasteiger partial charge in [0.1, 0.15) is 17.3 Å². The van der Waals surface area contributed by atoms with Crippen molar-refractivity contribution in [2.24, 2.45) is 0 Å². The van der Waals surface area contributed by atoms with E-state index in [1.165, 1.54) is 0 Å². The minimum Gasteiger partial charge on any atom is -0.497 e. The molecule has 1 N–H and O–H groups in total. The van der Waals surface area contributed by atoms with Crippen molar-refractivity contribution in [3.05, 3.63) is 84.6 Å². The molecule has 0 aliphatic heterocycles. The highest BCUT2D eigenvalue weighted by atomic mass is 16.5. The second-order valence-corrected chi connectivity index (χ2v) is 6.85. The Morgan fingerprint density at radius 1 is 1.03 bits per heavy atom. The molecule has 156 valence electrons. The monoisotopic (exact) mass is 414 g/mol. The smallest absolute Gasteiger partial charge is 0.263 e. The Kier molecular flexibility index (Phi) is 5.93. The fourth-order valence-corrected chi connectivity index (χ4v) is 3.07. The molecule has 4 rings (SSSR count). The maximum atomic E-state index is 12.6. The van der Waals surface area contributed by atoms with Crippen LogP contribution in [0.3, 0.4) is 0 Å². The molecule has 0 fully saturated rings. The van der Waals surface area contributed by atoms with E-state index in [4.69, 9.17) is 9.47 Å². The Labute approximate surface area is 180 Å². The molecule has 0 atom stereocenters. The quantitative estimate of drug-likeness (QED) is 0.489. The van der Waals surface area contributed by atoms with Crippen molar-refractivity contribution in [1.82, 2.24) is 14.8 Å². The van der Waals surface area contributed by atoms with Crippen LogP contribution >= 0.6 is 0 Å². The number of carbonyl (C=O) groups excluding carboxylic acids is 1. The van der Waals surface area contributed by atoms with Gasteiger partial charge >= 0.3 is 0 Å². The molecule has 0 saturated carbocycles. The van der Waals surface area contributed by atoms with Crippen LogP contribution < -0.4 is 14.8 Å². The Balaban J connectivity index is 1.58. The van der Waals surface area contributed by atoms with Gasteiger partial charge in [0.2, 0.25) is 0 Å². The third kappa shape index (κ3) is 4.72. The molecular weight excluding hydrogens is 392 g/mol. The molecule has 7 nitrogen and oxygen atoms in total. The van der Waals surface area contributed by atoms with Crippen LogP contribution in [-0.2, 0) is 4.79 Å². The predicted octanol–water partition coefficient (Wildman–Crippen LogP) is 4.27. The first kappa shape index (κ1) is 20.2. The number of ether oxygens (including phenoxy) is 2. The number of amides is 1. The van der Waals surface area contributed by atoms with Gasteiger partial charge in [0.05, 0.1) is 12.8 Å². The van der Waals surface area contributed by atoms with E-state index in [9.17, 15) is 4.79 Å². The zero-order valence-electron chi connectivity index (χ0n) is 17.3. The summed E-state index contributed by atoms with van der Waals surface area (Å²) in [5.74, 6) is 2.24. The number of hydrogen-bond acceptors (Lipinski definition) is 5. The zero-order chi connectivity index (χ0) is 21.6. The van der Waals surface area contributed by atoms with Crippen LogP contribution in [0.15, 0.2) is 79.0 Å². The van der Waals surface area contributed by atoms with Gasteiger partial charge in [0.15, 0.2) is 12.4 Å². The fraction of sp³-hybridized carbons (Fsp3) is 0.125. The largest absolute Gasteiger partial charge is 0.497 e. The number of aryl methyl sites for hydroxylation is 1. The summed E-state index contributed by atoms with van der Waals surface area (Å²) in [5, 5.41) is 7.53. The SMILES string of the molecule is COc1ccc(-c2cc(NC(=O)COc3ccccc3C)n(-c3ccccn3)n2)cc1. The normalized spacial score (nSPS) is 10.5. The number of aromatic nitrogens is 3. The molecule has 0 unspecified atom stereocenters. The van der Waals surface area contributed by atoms with Gasteiger partial charge < -0.3 is 14.8 Å². The van der Waals surface area contributed by atoms with E-state index >= 15 is 0 Å². The van der Waals surface area contributed by atoms with Gasteiger partial charge in [-0.05, 0) is 55.0 Å². The van der Waals surface area contributed by atoms with Crippen molar-refractivity contribution < 1.29 is 14.3 Å². The second kappa shape index (κ2) is 9.13. The first-order valence-electron chi connectivity index (χ1n) is 9.78. The van der Waals surface area contributed by atoms with Crippen molar-refractivity contribution in [3.63, 3.8) is 0 Å². The number of anilines is 1. The minimum absolute atomic E-state index is 0.115. The van der Waals surface area contributed by atoms with Gasteiger partial charge in [-0.3, -0.25) is 4.79 Å². The molecule has 2 aromatic carbocycles. The molecule has 0 saturated heterocycles. The lowest BCUT2D eigenvalue weighted by Crippen LogP contribution is -2.22. The first-order valence-corrected chi connectivity index (χ1v) is 9.78. The maximum absolute atomic E-state index is 12.6. The highest BCUT2D eigenvalue weighted by molar-refractivity contribution is 5.92. The second-order valence-electron chi connectivity index (χ2n) is 6.85. The van der Waals surface area contributed by atoms with E-state index < -0.39 is 0 Å². The van der Waals surface area contributed by atoms with Crippen LogP contribution in [0.1, 0.15) is 5.56 Å². The summed E-state index contributed by atoms with van der Waals surface area (Å²) in [4.78, 5) is 17.0. The van der Waals surface area contributed by atoms with Crippen molar-refractivity contribution in [2.75, 3.05) is 19.0 Å². The van der Waals surface area contributed by atoms with Crippen LogP contribution in [-0.4, -0.2) is 34.4 Å². The van der Waals surface area contributed by atoms with E-state index in [-0.39, 0.29) is 12.5 Å². The Hall–Kier alpha value is -4.13. The number of rotatable bonds is 7. The molecule has 7 heteroatoms. The molecular formula is C24H22N4O3. The predicted molar refractivity (Wildman–Crippen MR) is 119 cm³/mol. The summed E-state index contributed by atoms with van der Waals surface area (Å²) in [6.45, 7) is 1.82. The summed E-state index contributed by atoms with van der Waals surface area (Å²) in [6, 6.07) is 22.4. The zero-order valence-corrected chi connectivity index (χ0v) is 17.3. The Morgan fingerprint density at radius 2 is 1.81 bits per heavy atom. The number of methoxy groups -OCH3 is 1. The molecule has 2 heterocycles. The van der Waals surface area contributed by atoms with Crippen LogP contribution in [0, 0.1) is 6.92 Å². The number of nitrogens with zero attached hydrogens (tertiary/aromatic N) is 3. The molecule has 1 amide bonds. The van der Waals surface area contributed by atoms with E-state index in [1.807, 2.05) is 79.7 Å². The van der Waals surface area contributed by atoms with Crippen LogP contribution in [0.4, 0.5) is 5.82 Å². The summed E-state index contributed by atoms with van der Waals surface area (Å²) in [6.07, 6.45) is 1.68. The van der Waals surface area contributed by atoms with Gasteiger partial charge in [-0.2, -0.15) is 9.78 Å². The average molecular weight is 414 g/mol. The molecule has 0 aliphatic carbocycles. The number of carbonyl (C=O) groups is 1. The number of benzene rings is 2. The van der Waals surface area contributed by atoms with Gasteiger partial charge in [-0.1, -0.05) is 24.3 Å². The molecule has 0 radical (unpaired) electrons. The Morgan fingerprint density at radius 3 is 2.52 bits per heavy atom. The molecule has 2 aromatic heterocycles. The first-order chi connectivity index (χ1) is 15.1. The number of pyridine rings is 1. The minimum atomic E-state index is -0.290. The van der Waals surface area contributed by atoms with Gasteiger partial charge in [0, 0.05) is 17.8 Å². The standard InChI is InChI=1S/C24H22N4O3/c1-17-7-3-4-8-21(17)31-16-24(29)26-23-15-20(18-10-12-19(30-2)13-11-18)27-28(23)22-9-5-6-14-25-22/h3-15H,16H2,1-2H3,(H,26,29). The lowest BCUT2D eigenvalue weighted by Gasteiger charge is -2.10. The lowest BCUT2D eigenvalue weighted by atomic mass is 10.1. The third-order valence-electron chi connectivity index (χ3n) is 4.68. The van der Waals surface area contributed by atoms with E-state index in [0.717, 1.165) is 16.9 Å². The fourth-order valence-electron chi connectivity index (χ4n) is 3.07. The number of hydrogen-bond donors (Lipinski definition) is 1. The maximum Gasteiger partial charge on any atom is 0.263 e. The van der Waals surface area contributed by atoms with Gasteiger partial charge in [0.25, 0.3) is 5.91 Å².